The lowest BCUT2D eigenvalue weighted by Gasteiger charge is -2.12. The van der Waals surface area contributed by atoms with Gasteiger partial charge in [0.1, 0.15) is 5.75 Å². The van der Waals surface area contributed by atoms with Crippen LogP contribution < -0.4 is 9.46 Å². The molecule has 4 nitrogen and oxygen atoms in total. The maximum Gasteiger partial charge on any atom is 0.261 e. The predicted octanol–water partition coefficient (Wildman–Crippen LogP) is 4.04. The van der Waals surface area contributed by atoms with Crippen molar-refractivity contribution >= 4 is 31.6 Å². The van der Waals surface area contributed by atoms with Gasteiger partial charge in [0.05, 0.1) is 16.7 Å². The molecule has 0 heterocycles. The Bertz CT molecular complexity index is 712. The van der Waals surface area contributed by atoms with Crippen LogP contribution in [0.25, 0.3) is 0 Å². The van der Waals surface area contributed by atoms with Gasteiger partial charge in [0.2, 0.25) is 0 Å². The molecule has 0 atom stereocenters. The number of hydrogen-bond acceptors (Lipinski definition) is 3. The van der Waals surface area contributed by atoms with Gasteiger partial charge in [0, 0.05) is 4.47 Å². The highest BCUT2D eigenvalue weighted by Gasteiger charge is 2.15. The summed E-state index contributed by atoms with van der Waals surface area (Å²) < 4.78 is 33.4. The number of halogens is 1. The van der Waals surface area contributed by atoms with Crippen molar-refractivity contribution in [2.75, 3.05) is 4.72 Å². The maximum absolute atomic E-state index is 12.3. The fourth-order valence-electron chi connectivity index (χ4n) is 1.72. The molecular formula is C15H16BrNO3S. The summed E-state index contributed by atoms with van der Waals surface area (Å²) in [5.74, 6) is 0.643. The summed E-state index contributed by atoms with van der Waals surface area (Å²) in [6, 6.07) is 13.4. The summed E-state index contributed by atoms with van der Waals surface area (Å²) in [5.41, 5.74) is 0.500. The van der Waals surface area contributed by atoms with Crippen molar-refractivity contribution in [2.45, 2.75) is 24.8 Å². The molecule has 6 heteroatoms. The highest BCUT2D eigenvalue weighted by molar-refractivity contribution is 9.10. The van der Waals surface area contributed by atoms with Crippen LogP contribution in [-0.2, 0) is 10.0 Å². The standard InChI is InChI=1S/C15H16BrNO3S/c1-11(2)20-12-7-9-13(10-8-12)21(18,19)17-15-6-4-3-5-14(15)16/h3-11,17H,1-2H3. The first kappa shape index (κ1) is 15.9. The van der Waals surface area contributed by atoms with Crippen LogP contribution in [0.2, 0.25) is 0 Å². The Morgan fingerprint density at radius 1 is 1.05 bits per heavy atom. The van der Waals surface area contributed by atoms with Gasteiger partial charge >= 0.3 is 0 Å². The monoisotopic (exact) mass is 369 g/mol. The molecule has 0 unspecified atom stereocenters. The van der Waals surface area contributed by atoms with E-state index < -0.39 is 10.0 Å². The highest BCUT2D eigenvalue weighted by atomic mass is 79.9. The van der Waals surface area contributed by atoms with Gasteiger partial charge in [0.25, 0.3) is 10.0 Å². The van der Waals surface area contributed by atoms with E-state index in [1.54, 1.807) is 30.3 Å². The molecule has 112 valence electrons. The smallest absolute Gasteiger partial charge is 0.261 e. The van der Waals surface area contributed by atoms with Crippen LogP contribution in [0.5, 0.6) is 5.75 Å². The number of anilines is 1. The van der Waals surface area contributed by atoms with Crippen LogP contribution in [0.15, 0.2) is 57.9 Å². The molecule has 0 saturated carbocycles. The molecule has 0 aliphatic carbocycles. The molecule has 2 aromatic carbocycles. The van der Waals surface area contributed by atoms with Gasteiger partial charge in [-0.25, -0.2) is 8.42 Å². The number of hydrogen-bond donors (Lipinski definition) is 1. The minimum Gasteiger partial charge on any atom is -0.491 e. The summed E-state index contributed by atoms with van der Waals surface area (Å²) in [7, 11) is -3.62. The second kappa shape index (κ2) is 6.49. The first-order chi connectivity index (χ1) is 9.88. The third-order valence-electron chi connectivity index (χ3n) is 2.62. The Morgan fingerprint density at radius 2 is 1.67 bits per heavy atom. The van der Waals surface area contributed by atoms with Crippen molar-refractivity contribution in [2.24, 2.45) is 0 Å². The summed E-state index contributed by atoms with van der Waals surface area (Å²) >= 11 is 3.31. The molecule has 0 aliphatic rings. The highest BCUT2D eigenvalue weighted by Crippen LogP contribution is 2.25. The Morgan fingerprint density at radius 3 is 2.24 bits per heavy atom. The fraction of sp³-hybridized carbons (Fsp3) is 0.200. The van der Waals surface area contributed by atoms with E-state index >= 15 is 0 Å². The van der Waals surface area contributed by atoms with E-state index in [0.717, 1.165) is 0 Å². The first-order valence-electron chi connectivity index (χ1n) is 6.42. The largest absolute Gasteiger partial charge is 0.491 e. The molecule has 0 fully saturated rings. The van der Waals surface area contributed by atoms with E-state index in [9.17, 15) is 8.42 Å². The molecule has 0 spiro atoms. The number of nitrogens with one attached hydrogen (secondary N) is 1. The molecule has 0 bridgehead atoms. The fourth-order valence-corrected chi connectivity index (χ4v) is 3.31. The Labute approximate surface area is 133 Å². The zero-order valence-electron chi connectivity index (χ0n) is 11.7. The molecule has 0 saturated heterocycles. The van der Waals surface area contributed by atoms with Gasteiger partial charge in [-0.1, -0.05) is 12.1 Å². The quantitative estimate of drug-likeness (QED) is 0.864. The normalized spacial score (nSPS) is 11.4. The van der Waals surface area contributed by atoms with Gasteiger partial charge < -0.3 is 4.74 Å². The first-order valence-corrected chi connectivity index (χ1v) is 8.70. The van der Waals surface area contributed by atoms with Crippen molar-refractivity contribution in [1.82, 2.24) is 0 Å². The molecule has 2 rings (SSSR count). The van der Waals surface area contributed by atoms with E-state index in [0.29, 0.717) is 15.9 Å². The van der Waals surface area contributed by atoms with E-state index in [1.165, 1.54) is 12.1 Å². The Balaban J connectivity index is 2.22. The van der Waals surface area contributed by atoms with Crippen LogP contribution in [0.3, 0.4) is 0 Å². The average Bonchev–Trinajstić information content (AvgIpc) is 2.41. The van der Waals surface area contributed by atoms with Crippen molar-refractivity contribution < 1.29 is 13.2 Å². The second-order valence-electron chi connectivity index (χ2n) is 4.72. The van der Waals surface area contributed by atoms with E-state index in [2.05, 4.69) is 20.7 Å². The lowest BCUT2D eigenvalue weighted by Crippen LogP contribution is -2.13. The van der Waals surface area contributed by atoms with Crippen molar-refractivity contribution in [1.29, 1.82) is 0 Å². The summed E-state index contributed by atoms with van der Waals surface area (Å²) in [6.45, 7) is 3.83. The van der Waals surface area contributed by atoms with E-state index in [4.69, 9.17) is 4.74 Å². The molecule has 2 aromatic rings. The van der Waals surface area contributed by atoms with Gasteiger partial charge in [0.15, 0.2) is 0 Å². The molecule has 1 N–H and O–H groups in total. The SMILES string of the molecule is CC(C)Oc1ccc(S(=O)(=O)Nc2ccccc2Br)cc1. The number of rotatable bonds is 5. The lowest BCUT2D eigenvalue weighted by atomic mass is 10.3. The lowest BCUT2D eigenvalue weighted by molar-refractivity contribution is 0.242. The summed E-state index contributed by atoms with van der Waals surface area (Å²) in [6.07, 6.45) is 0.0471. The molecule has 0 aliphatic heterocycles. The Hall–Kier alpha value is -1.53. The van der Waals surface area contributed by atoms with Crippen LogP contribution >= 0.6 is 15.9 Å². The van der Waals surface area contributed by atoms with Crippen LogP contribution in [0, 0.1) is 0 Å². The van der Waals surface area contributed by atoms with Gasteiger partial charge in [-0.05, 0) is 66.2 Å². The summed E-state index contributed by atoms with van der Waals surface area (Å²) in [5, 5.41) is 0. The second-order valence-corrected chi connectivity index (χ2v) is 7.26. The topological polar surface area (TPSA) is 55.4 Å². The maximum atomic E-state index is 12.3. The third kappa shape index (κ3) is 4.22. The van der Waals surface area contributed by atoms with Gasteiger partial charge in [-0.2, -0.15) is 0 Å². The minimum atomic E-state index is -3.62. The van der Waals surface area contributed by atoms with Crippen LogP contribution in [-0.4, -0.2) is 14.5 Å². The molecular weight excluding hydrogens is 354 g/mol. The van der Waals surface area contributed by atoms with Crippen molar-refractivity contribution in [3.8, 4) is 5.75 Å². The van der Waals surface area contributed by atoms with Crippen molar-refractivity contribution in [3.63, 3.8) is 0 Å². The minimum absolute atomic E-state index is 0.0471. The predicted molar refractivity (Wildman–Crippen MR) is 87.2 cm³/mol. The third-order valence-corrected chi connectivity index (χ3v) is 4.70. The van der Waals surface area contributed by atoms with Crippen molar-refractivity contribution in [3.05, 3.63) is 53.0 Å². The molecule has 0 amide bonds. The number of benzene rings is 2. The van der Waals surface area contributed by atoms with Gasteiger partial charge in [-0.3, -0.25) is 4.72 Å². The zero-order chi connectivity index (χ0) is 15.5. The van der Waals surface area contributed by atoms with Gasteiger partial charge in [-0.15, -0.1) is 0 Å². The molecule has 0 radical (unpaired) electrons. The Kier molecular flexibility index (Phi) is 4.90. The average molecular weight is 370 g/mol. The molecule has 0 aromatic heterocycles. The molecule has 21 heavy (non-hydrogen) atoms. The number of para-hydroxylation sites is 1. The van der Waals surface area contributed by atoms with Crippen LogP contribution in [0.1, 0.15) is 13.8 Å². The van der Waals surface area contributed by atoms with E-state index in [1.807, 2.05) is 19.9 Å². The zero-order valence-corrected chi connectivity index (χ0v) is 14.1. The van der Waals surface area contributed by atoms with Crippen LogP contribution in [0.4, 0.5) is 5.69 Å². The summed E-state index contributed by atoms with van der Waals surface area (Å²) in [4.78, 5) is 0.189. The van der Waals surface area contributed by atoms with E-state index in [-0.39, 0.29) is 11.0 Å². The number of sulfonamides is 1. The number of ether oxygens (including phenoxy) is 1.